The van der Waals surface area contributed by atoms with Crippen LogP contribution in [0.4, 0.5) is 4.79 Å². The van der Waals surface area contributed by atoms with Crippen LogP contribution in [-0.4, -0.2) is 62.4 Å². The van der Waals surface area contributed by atoms with Crippen molar-refractivity contribution in [3.63, 3.8) is 0 Å². The molecule has 3 aromatic rings. The Kier molecular flexibility index (Phi) is 10.6. The molecule has 0 unspecified atom stereocenters. The van der Waals surface area contributed by atoms with Gasteiger partial charge in [0, 0.05) is 11.3 Å². The highest BCUT2D eigenvalue weighted by molar-refractivity contribution is 5.95. The maximum absolute atomic E-state index is 12.4. The zero-order chi connectivity index (χ0) is 31.6. The summed E-state index contributed by atoms with van der Waals surface area (Å²) in [6.07, 6.45) is 0.209. The number of ether oxygens (including phenoxy) is 4. The number of benzene rings is 2. The van der Waals surface area contributed by atoms with E-state index in [-0.39, 0.29) is 18.8 Å². The summed E-state index contributed by atoms with van der Waals surface area (Å²) in [6, 6.07) is 14.1. The first-order valence-electron chi connectivity index (χ1n) is 13.8. The summed E-state index contributed by atoms with van der Waals surface area (Å²) < 4.78 is 27.2. The topological polar surface area (TPSA) is 170 Å². The molecule has 1 aromatic heterocycles. The van der Waals surface area contributed by atoms with Gasteiger partial charge in [-0.15, -0.1) is 0 Å². The number of hydrazone groups is 1. The van der Waals surface area contributed by atoms with Crippen molar-refractivity contribution < 1.29 is 42.9 Å². The molecule has 232 valence electrons. The Balaban J connectivity index is 1.38. The van der Waals surface area contributed by atoms with Crippen molar-refractivity contribution in [1.29, 1.82) is 0 Å². The van der Waals surface area contributed by atoms with Crippen LogP contribution in [0.3, 0.4) is 0 Å². The van der Waals surface area contributed by atoms with Crippen LogP contribution in [0.15, 0.2) is 75.4 Å². The lowest BCUT2D eigenvalue weighted by Crippen LogP contribution is -2.45. The zero-order valence-corrected chi connectivity index (χ0v) is 24.7. The fourth-order valence-electron chi connectivity index (χ4n) is 4.40. The molecule has 13 heteroatoms. The Hall–Kier alpha value is -5.30. The summed E-state index contributed by atoms with van der Waals surface area (Å²) in [7, 11) is 1.27. The summed E-state index contributed by atoms with van der Waals surface area (Å²) in [4.78, 5) is 36.6. The van der Waals surface area contributed by atoms with Gasteiger partial charge in [-0.05, 0) is 62.7 Å². The number of aliphatic hydroxyl groups excluding tert-OH is 1. The molecule has 0 bridgehead atoms. The molecule has 2 aromatic carbocycles. The van der Waals surface area contributed by atoms with Crippen LogP contribution in [0, 0.1) is 0 Å². The van der Waals surface area contributed by atoms with Crippen LogP contribution < -0.4 is 25.5 Å². The first-order valence-corrected chi connectivity index (χ1v) is 13.8. The smallest absolute Gasteiger partial charge is 0.338 e. The van der Waals surface area contributed by atoms with Crippen molar-refractivity contribution in [3.8, 4) is 22.8 Å². The highest BCUT2D eigenvalue weighted by Gasteiger charge is 2.32. The number of nitrogens with one attached hydrogen (secondary N) is 3. The normalized spacial score (nSPS) is 15.3. The Morgan fingerprint density at radius 2 is 1.89 bits per heavy atom. The molecular formula is C31H34N4O9. The SMILES string of the molecule is CCOC(=O)c1cccc(-c2ccc(/C=N/N[C@H](O)COc3ccc([C@H]4NC(=O)NC(C)=C4C(=O)OC)cc3OCC)o2)c1. The minimum absolute atomic E-state index is 0.183. The van der Waals surface area contributed by atoms with E-state index in [0.29, 0.717) is 52.0 Å². The molecule has 4 rings (SSSR count). The fourth-order valence-corrected chi connectivity index (χ4v) is 4.40. The van der Waals surface area contributed by atoms with Gasteiger partial charge in [-0.1, -0.05) is 18.2 Å². The maximum Gasteiger partial charge on any atom is 0.338 e. The fraction of sp³-hybridized carbons (Fsp3) is 0.290. The monoisotopic (exact) mass is 606 g/mol. The van der Waals surface area contributed by atoms with Crippen molar-refractivity contribution in [3.05, 3.63) is 82.8 Å². The number of urea groups is 1. The van der Waals surface area contributed by atoms with Crippen LogP contribution in [-0.2, 0) is 14.3 Å². The van der Waals surface area contributed by atoms with Crippen LogP contribution in [0.1, 0.15) is 48.5 Å². The van der Waals surface area contributed by atoms with Gasteiger partial charge < -0.3 is 39.1 Å². The molecule has 0 saturated carbocycles. The van der Waals surface area contributed by atoms with Gasteiger partial charge >= 0.3 is 18.0 Å². The van der Waals surface area contributed by atoms with Crippen LogP contribution >= 0.6 is 0 Å². The van der Waals surface area contributed by atoms with Crippen molar-refractivity contribution in [1.82, 2.24) is 16.1 Å². The third-order valence-electron chi connectivity index (χ3n) is 6.37. The molecule has 13 nitrogen and oxygen atoms in total. The number of aliphatic hydroxyl groups is 1. The number of methoxy groups -OCH3 is 1. The van der Waals surface area contributed by atoms with E-state index in [4.69, 9.17) is 23.4 Å². The Morgan fingerprint density at radius 3 is 2.64 bits per heavy atom. The van der Waals surface area contributed by atoms with E-state index in [9.17, 15) is 19.5 Å². The third kappa shape index (κ3) is 7.75. The second-order valence-corrected chi connectivity index (χ2v) is 9.42. The predicted molar refractivity (Wildman–Crippen MR) is 159 cm³/mol. The molecule has 0 radical (unpaired) electrons. The van der Waals surface area contributed by atoms with E-state index in [1.165, 1.54) is 13.3 Å². The van der Waals surface area contributed by atoms with Gasteiger partial charge in [0.2, 0.25) is 0 Å². The zero-order valence-electron chi connectivity index (χ0n) is 24.7. The van der Waals surface area contributed by atoms with Crippen LogP contribution in [0.5, 0.6) is 11.5 Å². The number of esters is 2. The van der Waals surface area contributed by atoms with Gasteiger partial charge in [0.25, 0.3) is 0 Å². The maximum atomic E-state index is 12.4. The minimum Gasteiger partial charge on any atom is -0.490 e. The van der Waals surface area contributed by atoms with E-state index >= 15 is 0 Å². The van der Waals surface area contributed by atoms with E-state index in [0.717, 1.165) is 0 Å². The Bertz CT molecular complexity index is 1560. The second kappa shape index (κ2) is 14.7. The molecule has 1 aliphatic rings. The van der Waals surface area contributed by atoms with Gasteiger partial charge in [0.15, 0.2) is 17.7 Å². The molecule has 2 atom stereocenters. The van der Waals surface area contributed by atoms with Crippen LogP contribution in [0.2, 0.25) is 0 Å². The van der Waals surface area contributed by atoms with Gasteiger partial charge in [0.1, 0.15) is 18.1 Å². The van der Waals surface area contributed by atoms with E-state index < -0.39 is 30.2 Å². The summed E-state index contributed by atoms with van der Waals surface area (Å²) in [5.74, 6) is 0.635. The number of nitrogens with zero attached hydrogens (tertiary/aromatic N) is 1. The first-order chi connectivity index (χ1) is 21.2. The molecular weight excluding hydrogens is 572 g/mol. The average Bonchev–Trinajstić information content (AvgIpc) is 3.49. The predicted octanol–water partition coefficient (Wildman–Crippen LogP) is 3.64. The molecule has 44 heavy (non-hydrogen) atoms. The molecule has 0 aliphatic carbocycles. The van der Waals surface area contributed by atoms with Crippen molar-refractivity contribution >= 4 is 24.2 Å². The minimum atomic E-state index is -1.18. The molecule has 0 spiro atoms. The van der Waals surface area contributed by atoms with Gasteiger partial charge in [-0.3, -0.25) is 5.43 Å². The van der Waals surface area contributed by atoms with E-state index in [2.05, 4.69) is 21.2 Å². The lowest BCUT2D eigenvalue weighted by atomic mass is 9.95. The number of carbonyl (C=O) groups is 3. The molecule has 2 heterocycles. The quantitative estimate of drug-likeness (QED) is 0.0975. The molecule has 0 saturated heterocycles. The second-order valence-electron chi connectivity index (χ2n) is 9.42. The number of rotatable bonds is 13. The lowest BCUT2D eigenvalue weighted by Gasteiger charge is -2.28. The summed E-state index contributed by atoms with van der Waals surface area (Å²) in [5, 5.41) is 19.7. The standard InChI is InChI=1S/C31H34N4O9/c1-5-41-25-15-20(28-27(30(38)40-4)18(3)33-31(39)34-28)10-12-24(25)43-17-26(36)35-32-16-22-11-13-23(44-22)19-8-7-9-21(14-19)29(37)42-6-2/h7-16,26,28,35-36H,5-6,17H2,1-4H3,(H2,33,34,39)/b32-16+/t26-,28-/m1/s1. The first kappa shape index (κ1) is 31.6. The van der Waals surface area contributed by atoms with Gasteiger partial charge in [0.05, 0.1) is 43.7 Å². The summed E-state index contributed by atoms with van der Waals surface area (Å²) in [6.45, 7) is 5.58. The molecule has 2 amide bonds. The Morgan fingerprint density at radius 1 is 1.07 bits per heavy atom. The van der Waals surface area contributed by atoms with Crippen LogP contribution in [0.25, 0.3) is 11.3 Å². The highest BCUT2D eigenvalue weighted by Crippen LogP contribution is 2.35. The number of allylic oxidation sites excluding steroid dienone is 1. The number of carbonyl (C=O) groups excluding carboxylic acids is 3. The van der Waals surface area contributed by atoms with Gasteiger partial charge in [-0.25, -0.2) is 14.4 Å². The Labute approximate surface area is 253 Å². The van der Waals surface area contributed by atoms with Crippen molar-refractivity contribution in [2.75, 3.05) is 26.9 Å². The number of hydrogen-bond donors (Lipinski definition) is 4. The summed E-state index contributed by atoms with van der Waals surface area (Å²) in [5.41, 5.74) is 4.89. The average molecular weight is 607 g/mol. The van der Waals surface area contributed by atoms with Gasteiger partial charge in [-0.2, -0.15) is 5.10 Å². The van der Waals surface area contributed by atoms with E-state index in [1.54, 1.807) is 69.3 Å². The highest BCUT2D eigenvalue weighted by atomic mass is 16.5. The number of amides is 2. The molecule has 0 fully saturated rings. The van der Waals surface area contributed by atoms with Crippen molar-refractivity contribution in [2.24, 2.45) is 5.10 Å². The number of hydrogen-bond acceptors (Lipinski definition) is 11. The summed E-state index contributed by atoms with van der Waals surface area (Å²) >= 11 is 0. The largest absolute Gasteiger partial charge is 0.490 e. The number of furan rings is 1. The third-order valence-corrected chi connectivity index (χ3v) is 6.37. The van der Waals surface area contributed by atoms with Crippen molar-refractivity contribution in [2.45, 2.75) is 33.0 Å². The molecule has 4 N–H and O–H groups in total. The molecule has 1 aliphatic heterocycles. The lowest BCUT2D eigenvalue weighted by molar-refractivity contribution is -0.136. The van der Waals surface area contributed by atoms with E-state index in [1.807, 2.05) is 6.07 Å².